The predicted octanol–water partition coefficient (Wildman–Crippen LogP) is -0.490. The molecule has 5 heteroatoms. The van der Waals surface area contributed by atoms with Crippen LogP contribution in [0.3, 0.4) is 0 Å². The minimum Gasteiger partial charge on any atom is -0.469 e. The summed E-state index contributed by atoms with van der Waals surface area (Å²) < 4.78 is 6.17. The number of rotatable bonds is 2. The number of amides is 1. The van der Waals surface area contributed by atoms with E-state index in [2.05, 4.69) is 17.6 Å². The van der Waals surface area contributed by atoms with Gasteiger partial charge in [-0.15, -0.1) is 0 Å². The van der Waals surface area contributed by atoms with Crippen molar-refractivity contribution in [1.82, 2.24) is 4.72 Å². The zero-order valence-corrected chi connectivity index (χ0v) is 5.77. The summed E-state index contributed by atoms with van der Waals surface area (Å²) in [6, 6.07) is 0. The number of carbonyl (C=O) groups is 2. The standard InChI is InChI=1S/C4H7NO3S/c1-8-4(7)2-3(6)5-9/h9H,2H2,1H3,(H,5,6). The second-order valence-corrected chi connectivity index (χ2v) is 1.51. The minimum atomic E-state index is -0.568. The SMILES string of the molecule is COC(=O)CC(=O)NS. The van der Waals surface area contributed by atoms with Gasteiger partial charge in [0.1, 0.15) is 6.42 Å². The molecule has 0 aliphatic carbocycles. The van der Waals surface area contributed by atoms with E-state index in [1.54, 1.807) is 0 Å². The molecular weight excluding hydrogens is 142 g/mol. The number of nitrogens with one attached hydrogen (secondary N) is 1. The van der Waals surface area contributed by atoms with Crippen LogP contribution in [0, 0.1) is 0 Å². The van der Waals surface area contributed by atoms with Crippen molar-refractivity contribution in [2.45, 2.75) is 6.42 Å². The van der Waals surface area contributed by atoms with E-state index in [0.717, 1.165) is 0 Å². The Balaban J connectivity index is 3.47. The van der Waals surface area contributed by atoms with Crippen molar-refractivity contribution in [3.8, 4) is 0 Å². The number of hydrogen-bond donors (Lipinski definition) is 2. The maximum Gasteiger partial charge on any atom is 0.315 e. The summed E-state index contributed by atoms with van der Waals surface area (Å²) in [7, 11) is 1.22. The van der Waals surface area contributed by atoms with E-state index in [1.807, 2.05) is 4.72 Å². The largest absolute Gasteiger partial charge is 0.469 e. The lowest BCUT2D eigenvalue weighted by atomic mass is 10.4. The molecule has 0 rings (SSSR count). The number of thiol groups is 1. The van der Waals surface area contributed by atoms with Crippen molar-refractivity contribution in [2.24, 2.45) is 0 Å². The highest BCUT2D eigenvalue weighted by Gasteiger charge is 2.05. The molecule has 0 aliphatic heterocycles. The summed E-state index contributed by atoms with van der Waals surface area (Å²) in [5, 5.41) is 0. The highest BCUT2D eigenvalue weighted by Crippen LogP contribution is 1.83. The molecule has 0 aliphatic rings. The van der Waals surface area contributed by atoms with E-state index in [-0.39, 0.29) is 6.42 Å². The van der Waals surface area contributed by atoms with Crippen molar-refractivity contribution >= 4 is 24.7 Å². The molecule has 0 spiro atoms. The Morgan fingerprint density at radius 2 is 2.22 bits per heavy atom. The Hall–Kier alpha value is -0.710. The molecule has 0 bridgehead atoms. The summed E-state index contributed by atoms with van der Waals surface area (Å²) >= 11 is 3.42. The fourth-order valence-corrected chi connectivity index (χ4v) is 0.322. The third-order valence-electron chi connectivity index (χ3n) is 0.657. The Bertz CT molecular complexity index is 111. The van der Waals surface area contributed by atoms with Crippen LogP contribution in [0.5, 0.6) is 0 Å². The third-order valence-corrected chi connectivity index (χ3v) is 0.907. The first-order valence-corrected chi connectivity index (χ1v) is 2.65. The van der Waals surface area contributed by atoms with Gasteiger partial charge in [-0.3, -0.25) is 9.59 Å². The molecule has 9 heavy (non-hydrogen) atoms. The van der Waals surface area contributed by atoms with E-state index in [4.69, 9.17) is 0 Å². The number of ether oxygens (including phenoxy) is 1. The lowest BCUT2D eigenvalue weighted by Crippen LogP contribution is -2.17. The summed E-state index contributed by atoms with van der Waals surface area (Å²) in [6.45, 7) is 0. The molecule has 4 nitrogen and oxygen atoms in total. The quantitative estimate of drug-likeness (QED) is 0.316. The summed E-state index contributed by atoms with van der Waals surface area (Å²) in [5.41, 5.74) is 0. The van der Waals surface area contributed by atoms with Crippen LogP contribution in [0.2, 0.25) is 0 Å². The van der Waals surface area contributed by atoms with Gasteiger partial charge >= 0.3 is 5.97 Å². The molecule has 0 aromatic heterocycles. The Labute approximate surface area is 58.1 Å². The van der Waals surface area contributed by atoms with E-state index < -0.39 is 11.9 Å². The van der Waals surface area contributed by atoms with E-state index in [9.17, 15) is 9.59 Å². The van der Waals surface area contributed by atoms with Gasteiger partial charge < -0.3 is 9.46 Å². The molecule has 52 valence electrons. The monoisotopic (exact) mass is 149 g/mol. The highest BCUT2D eigenvalue weighted by molar-refractivity contribution is 7.78. The number of hydrogen-bond acceptors (Lipinski definition) is 4. The van der Waals surface area contributed by atoms with Crippen LogP contribution in [-0.2, 0) is 14.3 Å². The molecule has 0 saturated carbocycles. The van der Waals surface area contributed by atoms with Gasteiger partial charge in [0.15, 0.2) is 0 Å². The maximum absolute atomic E-state index is 10.3. The number of esters is 1. The van der Waals surface area contributed by atoms with Gasteiger partial charge in [-0.2, -0.15) is 0 Å². The first-order valence-electron chi connectivity index (χ1n) is 2.20. The van der Waals surface area contributed by atoms with Crippen LogP contribution in [0.4, 0.5) is 0 Å². The summed E-state index contributed by atoms with van der Waals surface area (Å²) in [5.74, 6) is -1.04. The smallest absolute Gasteiger partial charge is 0.315 e. The molecular formula is C4H7NO3S. The molecule has 0 atom stereocenters. The molecule has 0 saturated heterocycles. The molecule has 0 radical (unpaired) electrons. The topological polar surface area (TPSA) is 55.4 Å². The van der Waals surface area contributed by atoms with Crippen LogP contribution in [0.1, 0.15) is 6.42 Å². The Morgan fingerprint density at radius 1 is 1.67 bits per heavy atom. The summed E-state index contributed by atoms with van der Waals surface area (Å²) in [6.07, 6.45) is -0.278. The Morgan fingerprint density at radius 3 is 2.56 bits per heavy atom. The lowest BCUT2D eigenvalue weighted by molar-refractivity contribution is -0.143. The van der Waals surface area contributed by atoms with Crippen LogP contribution in [0.15, 0.2) is 0 Å². The molecule has 0 fully saturated rings. The van der Waals surface area contributed by atoms with Crippen molar-refractivity contribution in [2.75, 3.05) is 7.11 Å². The maximum atomic E-state index is 10.3. The van der Waals surface area contributed by atoms with Crippen LogP contribution < -0.4 is 4.72 Å². The van der Waals surface area contributed by atoms with Gasteiger partial charge in [0.25, 0.3) is 0 Å². The average molecular weight is 149 g/mol. The minimum absolute atomic E-state index is 0.278. The molecule has 0 aromatic carbocycles. The average Bonchev–Trinajstić information content (AvgIpc) is 1.87. The number of methoxy groups -OCH3 is 1. The van der Waals surface area contributed by atoms with E-state index in [1.165, 1.54) is 7.11 Å². The zero-order valence-electron chi connectivity index (χ0n) is 4.88. The van der Waals surface area contributed by atoms with Crippen LogP contribution >= 0.6 is 12.8 Å². The van der Waals surface area contributed by atoms with Crippen LogP contribution in [0.25, 0.3) is 0 Å². The first-order chi connectivity index (χ1) is 4.20. The van der Waals surface area contributed by atoms with Gasteiger partial charge in [0, 0.05) is 0 Å². The van der Waals surface area contributed by atoms with E-state index >= 15 is 0 Å². The normalized spacial score (nSPS) is 8.22. The zero-order chi connectivity index (χ0) is 7.28. The third kappa shape index (κ3) is 3.84. The molecule has 1 amide bonds. The molecule has 1 N–H and O–H groups in total. The van der Waals surface area contributed by atoms with Crippen molar-refractivity contribution in [3.63, 3.8) is 0 Å². The number of carbonyl (C=O) groups excluding carboxylic acids is 2. The van der Waals surface area contributed by atoms with Crippen molar-refractivity contribution in [1.29, 1.82) is 0 Å². The summed E-state index contributed by atoms with van der Waals surface area (Å²) in [4.78, 5) is 20.6. The fourth-order valence-electron chi connectivity index (χ4n) is 0.243. The van der Waals surface area contributed by atoms with Gasteiger partial charge in [-0.25, -0.2) is 0 Å². The van der Waals surface area contributed by atoms with Gasteiger partial charge in [-0.05, 0) is 0 Å². The second kappa shape index (κ2) is 4.20. The molecule has 0 aromatic rings. The lowest BCUT2D eigenvalue weighted by Gasteiger charge is -1.94. The van der Waals surface area contributed by atoms with Crippen molar-refractivity contribution in [3.05, 3.63) is 0 Å². The van der Waals surface area contributed by atoms with Gasteiger partial charge in [-0.1, -0.05) is 12.8 Å². The second-order valence-electron chi connectivity index (χ2n) is 1.29. The highest BCUT2D eigenvalue weighted by atomic mass is 32.1. The van der Waals surface area contributed by atoms with Crippen LogP contribution in [-0.4, -0.2) is 19.0 Å². The van der Waals surface area contributed by atoms with Gasteiger partial charge in [0.2, 0.25) is 5.91 Å². The molecule has 0 unspecified atom stereocenters. The van der Waals surface area contributed by atoms with Crippen molar-refractivity contribution < 1.29 is 14.3 Å². The first kappa shape index (κ1) is 8.29. The van der Waals surface area contributed by atoms with Gasteiger partial charge in [0.05, 0.1) is 7.11 Å². The molecule has 0 heterocycles. The fraction of sp³-hybridized carbons (Fsp3) is 0.500. The Kier molecular flexibility index (Phi) is 3.87. The van der Waals surface area contributed by atoms with E-state index in [0.29, 0.717) is 0 Å². The predicted molar refractivity (Wildman–Crippen MR) is 33.8 cm³/mol.